The van der Waals surface area contributed by atoms with Gasteiger partial charge < -0.3 is 15.5 Å². The fraction of sp³-hybridized carbons (Fsp3) is 0.500. The van der Waals surface area contributed by atoms with E-state index >= 15 is 0 Å². The second-order valence-corrected chi connectivity index (χ2v) is 7.31. The van der Waals surface area contributed by atoms with Crippen LogP contribution in [0.3, 0.4) is 0 Å². The van der Waals surface area contributed by atoms with Crippen molar-refractivity contribution in [3.05, 3.63) is 47.0 Å². The molecule has 1 aromatic heterocycles. The lowest BCUT2D eigenvalue weighted by Crippen LogP contribution is -2.43. The molecule has 0 fully saturated rings. The van der Waals surface area contributed by atoms with E-state index in [1.165, 1.54) is 5.56 Å². The molecule has 0 spiro atoms. The number of rotatable bonds is 9. The van der Waals surface area contributed by atoms with Crippen molar-refractivity contribution in [2.45, 2.75) is 26.4 Å². The van der Waals surface area contributed by atoms with Gasteiger partial charge in [0.15, 0.2) is 11.1 Å². The van der Waals surface area contributed by atoms with Gasteiger partial charge in [-0.05, 0) is 18.7 Å². The predicted octanol–water partition coefficient (Wildman–Crippen LogP) is 3.58. The molecule has 0 amide bonds. The first-order valence-corrected chi connectivity index (χ1v) is 10.3. The smallest absolute Gasteiger partial charge is 0.191 e. The molecule has 2 N–H and O–H groups in total. The van der Waals surface area contributed by atoms with Crippen LogP contribution in [0.2, 0.25) is 0 Å². The van der Waals surface area contributed by atoms with Gasteiger partial charge in [0.1, 0.15) is 0 Å². The van der Waals surface area contributed by atoms with Crippen LogP contribution in [-0.4, -0.2) is 56.6 Å². The lowest BCUT2D eigenvalue weighted by molar-refractivity contribution is 0.219. The summed E-state index contributed by atoms with van der Waals surface area (Å²) in [5.41, 5.74) is 2.34. The van der Waals surface area contributed by atoms with Gasteiger partial charge in [0, 0.05) is 33.1 Å². The number of hydrogen-bond acceptors (Lipinski definition) is 5. The fourth-order valence-corrected chi connectivity index (χ4v) is 3.73. The Morgan fingerprint density at radius 1 is 1.14 bits per heavy atom. The number of aromatic nitrogens is 1. The second-order valence-electron chi connectivity index (χ2n) is 6.47. The van der Waals surface area contributed by atoms with Crippen molar-refractivity contribution in [2.75, 3.05) is 45.7 Å². The van der Waals surface area contributed by atoms with Gasteiger partial charge in [-0.3, -0.25) is 9.89 Å². The van der Waals surface area contributed by atoms with Crippen LogP contribution in [0.4, 0.5) is 5.13 Å². The van der Waals surface area contributed by atoms with E-state index in [9.17, 15) is 0 Å². The van der Waals surface area contributed by atoms with Crippen LogP contribution in [0.15, 0.2) is 40.7 Å². The molecule has 1 aromatic carbocycles. The van der Waals surface area contributed by atoms with Gasteiger partial charge >= 0.3 is 0 Å². The molecule has 28 heavy (non-hydrogen) atoms. The monoisotopic (exact) mass is 516 g/mol. The number of anilines is 1. The Bertz CT molecular complexity index is 700. The minimum atomic E-state index is 0. The number of thiazole rings is 1. The number of hydrogen-bond donors (Lipinski definition) is 2. The van der Waals surface area contributed by atoms with E-state index in [1.54, 1.807) is 18.4 Å². The zero-order valence-electron chi connectivity index (χ0n) is 17.5. The molecule has 0 saturated heterocycles. The van der Waals surface area contributed by atoms with Crippen molar-refractivity contribution in [3.8, 4) is 0 Å². The maximum atomic E-state index is 4.60. The van der Waals surface area contributed by atoms with Crippen LogP contribution in [0.1, 0.15) is 31.1 Å². The maximum absolute atomic E-state index is 4.60. The molecule has 1 atom stereocenters. The van der Waals surface area contributed by atoms with Crippen LogP contribution in [0.25, 0.3) is 0 Å². The third-order valence-electron chi connectivity index (χ3n) is 4.48. The molecule has 2 rings (SSSR count). The lowest BCUT2D eigenvalue weighted by atomic mass is 10.1. The maximum Gasteiger partial charge on any atom is 0.191 e. The fourth-order valence-electron chi connectivity index (χ4n) is 2.97. The number of halogens is 1. The van der Waals surface area contributed by atoms with Crippen molar-refractivity contribution >= 4 is 46.4 Å². The molecular formula is C20H33IN6S. The Kier molecular flexibility index (Phi) is 11.4. The standard InChI is InChI=1S/C20H32N6S.HI/c1-6-26(7-2)18(16-11-9-8-10-12-16)14-23-19(21-3)22-13-17-15-27-20(24-17)25(4)5;/h8-12,15,18H,6-7,13-14H2,1-5H3,(H2,21,22,23);1H. The van der Waals surface area contributed by atoms with Gasteiger partial charge in [0.2, 0.25) is 0 Å². The average molecular weight is 516 g/mol. The van der Waals surface area contributed by atoms with Gasteiger partial charge in [0.05, 0.1) is 18.3 Å². The number of nitrogens with one attached hydrogen (secondary N) is 2. The minimum Gasteiger partial charge on any atom is -0.354 e. The second kappa shape index (κ2) is 12.9. The minimum absolute atomic E-state index is 0. The Morgan fingerprint density at radius 2 is 1.82 bits per heavy atom. The van der Waals surface area contributed by atoms with Crippen LogP contribution >= 0.6 is 35.3 Å². The Hall–Kier alpha value is -1.39. The van der Waals surface area contributed by atoms with Crippen molar-refractivity contribution in [1.82, 2.24) is 20.5 Å². The number of guanidine groups is 1. The molecule has 0 aliphatic carbocycles. The molecule has 1 heterocycles. The molecule has 0 bridgehead atoms. The zero-order valence-corrected chi connectivity index (χ0v) is 20.6. The van der Waals surface area contributed by atoms with Crippen molar-refractivity contribution in [1.29, 1.82) is 0 Å². The average Bonchev–Trinajstić information content (AvgIpc) is 3.17. The highest BCUT2D eigenvalue weighted by atomic mass is 127. The van der Waals surface area contributed by atoms with E-state index < -0.39 is 0 Å². The van der Waals surface area contributed by atoms with E-state index in [0.29, 0.717) is 12.6 Å². The highest BCUT2D eigenvalue weighted by Gasteiger charge is 2.18. The number of aliphatic imine (C=N–C) groups is 1. The molecule has 6 nitrogen and oxygen atoms in total. The summed E-state index contributed by atoms with van der Waals surface area (Å²) >= 11 is 1.65. The largest absolute Gasteiger partial charge is 0.354 e. The van der Waals surface area contributed by atoms with E-state index in [2.05, 4.69) is 75.1 Å². The number of nitrogens with zero attached hydrogens (tertiary/aromatic N) is 4. The summed E-state index contributed by atoms with van der Waals surface area (Å²) in [5.74, 6) is 0.794. The highest BCUT2D eigenvalue weighted by Crippen LogP contribution is 2.20. The molecule has 0 aliphatic rings. The van der Waals surface area contributed by atoms with E-state index in [4.69, 9.17) is 0 Å². The van der Waals surface area contributed by atoms with Crippen LogP contribution in [-0.2, 0) is 6.54 Å². The van der Waals surface area contributed by atoms with Crippen LogP contribution in [0, 0.1) is 0 Å². The molecular weight excluding hydrogens is 483 g/mol. The quantitative estimate of drug-likeness (QED) is 0.303. The summed E-state index contributed by atoms with van der Waals surface area (Å²) in [6, 6.07) is 11.0. The topological polar surface area (TPSA) is 55.8 Å². The van der Waals surface area contributed by atoms with Gasteiger partial charge in [-0.15, -0.1) is 35.3 Å². The van der Waals surface area contributed by atoms with Crippen molar-refractivity contribution in [3.63, 3.8) is 0 Å². The SMILES string of the molecule is CCN(CC)C(CNC(=NC)NCc1csc(N(C)C)n1)c1ccccc1.I. The van der Waals surface area contributed by atoms with Gasteiger partial charge in [0.25, 0.3) is 0 Å². The Labute approximate surface area is 190 Å². The molecule has 8 heteroatoms. The summed E-state index contributed by atoms with van der Waals surface area (Å²) in [5, 5.41) is 9.94. The first kappa shape index (κ1) is 24.6. The summed E-state index contributed by atoms with van der Waals surface area (Å²) in [7, 11) is 5.82. The van der Waals surface area contributed by atoms with Crippen molar-refractivity contribution < 1.29 is 0 Å². The van der Waals surface area contributed by atoms with Crippen LogP contribution < -0.4 is 15.5 Å². The normalized spacial score (nSPS) is 12.4. The number of likely N-dealkylation sites (N-methyl/N-ethyl adjacent to an activating group) is 1. The predicted molar refractivity (Wildman–Crippen MR) is 132 cm³/mol. The third kappa shape index (κ3) is 7.21. The van der Waals surface area contributed by atoms with Gasteiger partial charge in [-0.25, -0.2) is 4.98 Å². The molecule has 0 saturated carbocycles. The third-order valence-corrected chi connectivity index (χ3v) is 5.54. The zero-order chi connectivity index (χ0) is 19.6. The molecule has 0 aliphatic heterocycles. The van der Waals surface area contributed by atoms with E-state index in [1.807, 2.05) is 19.0 Å². The van der Waals surface area contributed by atoms with E-state index in [-0.39, 0.29) is 24.0 Å². The summed E-state index contributed by atoms with van der Waals surface area (Å²) in [6.45, 7) is 7.89. The number of benzene rings is 1. The van der Waals surface area contributed by atoms with Gasteiger partial charge in [-0.1, -0.05) is 44.2 Å². The van der Waals surface area contributed by atoms with Gasteiger partial charge in [-0.2, -0.15) is 0 Å². The molecule has 2 aromatic rings. The summed E-state index contributed by atoms with van der Waals surface area (Å²) in [6.07, 6.45) is 0. The lowest BCUT2D eigenvalue weighted by Gasteiger charge is -2.30. The molecule has 156 valence electrons. The Balaban J connectivity index is 0.00000392. The van der Waals surface area contributed by atoms with Crippen LogP contribution in [0.5, 0.6) is 0 Å². The Morgan fingerprint density at radius 3 is 2.36 bits per heavy atom. The highest BCUT2D eigenvalue weighted by molar-refractivity contribution is 14.0. The summed E-state index contributed by atoms with van der Waals surface area (Å²) in [4.78, 5) is 13.4. The van der Waals surface area contributed by atoms with Crippen molar-refractivity contribution in [2.24, 2.45) is 4.99 Å². The first-order chi connectivity index (χ1) is 13.1. The molecule has 0 radical (unpaired) electrons. The van der Waals surface area contributed by atoms with E-state index in [0.717, 1.165) is 36.4 Å². The molecule has 1 unspecified atom stereocenters. The first-order valence-electron chi connectivity index (χ1n) is 9.44. The summed E-state index contributed by atoms with van der Waals surface area (Å²) < 4.78 is 0.